The standard InChI is InChI=1S/C26H30BrF3N4O/c1-34(2)23-14-25(33-22-6-4-3-5-21(22)23)32-20-11-7-17(8-12-20)15-31-16-18-9-10-19(27)13-24(18)35-26(28,29)30/h3-6,9-10,13-14,17,20,31H,7-8,11-12,15-16H2,1-2H3,(H,32,33)/t17-,20+. The second-order valence-electron chi connectivity index (χ2n) is 9.23. The molecule has 0 radical (unpaired) electrons. The van der Waals surface area contributed by atoms with Gasteiger partial charge in [0, 0.05) is 53.9 Å². The average Bonchev–Trinajstić information content (AvgIpc) is 2.80. The van der Waals surface area contributed by atoms with Gasteiger partial charge in [-0.3, -0.25) is 0 Å². The van der Waals surface area contributed by atoms with Gasteiger partial charge in [0.15, 0.2) is 0 Å². The van der Waals surface area contributed by atoms with Crippen molar-refractivity contribution >= 4 is 38.3 Å². The highest BCUT2D eigenvalue weighted by Gasteiger charge is 2.32. The number of ether oxygens (including phenoxy) is 1. The SMILES string of the molecule is CN(C)c1cc(N[C@H]2CC[C@@H](CNCc3ccc(Br)cc3OC(F)(F)F)CC2)nc2ccccc12. The summed E-state index contributed by atoms with van der Waals surface area (Å²) in [5.41, 5.74) is 2.60. The molecule has 9 heteroatoms. The summed E-state index contributed by atoms with van der Waals surface area (Å²) in [5.74, 6) is 1.20. The zero-order chi connectivity index (χ0) is 25.0. The highest BCUT2D eigenvalue weighted by molar-refractivity contribution is 9.10. The van der Waals surface area contributed by atoms with E-state index in [1.807, 2.05) is 32.3 Å². The number of pyridine rings is 1. The lowest BCUT2D eigenvalue weighted by molar-refractivity contribution is -0.274. The van der Waals surface area contributed by atoms with E-state index >= 15 is 0 Å². The van der Waals surface area contributed by atoms with E-state index in [0.29, 0.717) is 28.5 Å². The smallest absolute Gasteiger partial charge is 0.405 e. The first kappa shape index (κ1) is 25.6. The van der Waals surface area contributed by atoms with Crippen LogP contribution in [0.4, 0.5) is 24.7 Å². The zero-order valence-electron chi connectivity index (χ0n) is 19.8. The van der Waals surface area contributed by atoms with Gasteiger partial charge in [-0.2, -0.15) is 0 Å². The largest absolute Gasteiger partial charge is 0.573 e. The van der Waals surface area contributed by atoms with E-state index in [1.165, 1.54) is 6.07 Å². The zero-order valence-corrected chi connectivity index (χ0v) is 21.4. The molecule has 35 heavy (non-hydrogen) atoms. The Morgan fingerprint density at radius 3 is 2.51 bits per heavy atom. The molecule has 1 saturated carbocycles. The van der Waals surface area contributed by atoms with Crippen molar-refractivity contribution in [3.05, 3.63) is 58.6 Å². The van der Waals surface area contributed by atoms with Crippen molar-refractivity contribution in [2.45, 2.75) is 44.6 Å². The van der Waals surface area contributed by atoms with Crippen molar-refractivity contribution in [2.75, 3.05) is 30.9 Å². The lowest BCUT2D eigenvalue weighted by Crippen LogP contribution is -2.31. The van der Waals surface area contributed by atoms with Gasteiger partial charge >= 0.3 is 6.36 Å². The van der Waals surface area contributed by atoms with Gasteiger partial charge in [0.05, 0.1) is 5.52 Å². The first-order chi connectivity index (χ1) is 16.7. The molecule has 0 atom stereocenters. The highest BCUT2D eigenvalue weighted by Crippen LogP contribution is 2.32. The number of halogens is 4. The first-order valence-electron chi connectivity index (χ1n) is 11.8. The van der Waals surface area contributed by atoms with Crippen molar-refractivity contribution in [2.24, 2.45) is 5.92 Å². The Balaban J connectivity index is 1.29. The number of alkyl halides is 3. The van der Waals surface area contributed by atoms with Crippen LogP contribution >= 0.6 is 15.9 Å². The summed E-state index contributed by atoms with van der Waals surface area (Å²) in [6.07, 6.45) is -0.568. The van der Waals surface area contributed by atoms with Crippen LogP contribution < -0.4 is 20.3 Å². The van der Waals surface area contributed by atoms with Crippen molar-refractivity contribution in [1.29, 1.82) is 0 Å². The molecule has 0 bridgehead atoms. The molecule has 0 spiro atoms. The predicted molar refractivity (Wildman–Crippen MR) is 138 cm³/mol. The van der Waals surface area contributed by atoms with Crippen LogP contribution in [0.2, 0.25) is 0 Å². The van der Waals surface area contributed by atoms with E-state index in [1.54, 1.807) is 12.1 Å². The van der Waals surface area contributed by atoms with Crippen LogP contribution in [0.1, 0.15) is 31.2 Å². The van der Waals surface area contributed by atoms with Gasteiger partial charge < -0.3 is 20.3 Å². The van der Waals surface area contributed by atoms with Crippen LogP contribution in [0.5, 0.6) is 5.75 Å². The number of anilines is 2. The lowest BCUT2D eigenvalue weighted by atomic mass is 9.86. The predicted octanol–water partition coefficient (Wildman–Crippen LogP) is 6.72. The number of para-hydroxylation sites is 1. The molecule has 2 aromatic carbocycles. The second kappa shape index (κ2) is 11.0. The van der Waals surface area contributed by atoms with E-state index < -0.39 is 6.36 Å². The van der Waals surface area contributed by atoms with Crippen molar-refractivity contribution in [3.8, 4) is 5.75 Å². The van der Waals surface area contributed by atoms with Crippen LogP contribution in [0.15, 0.2) is 53.0 Å². The maximum absolute atomic E-state index is 12.7. The Morgan fingerprint density at radius 1 is 1.06 bits per heavy atom. The molecular formula is C26H30BrF3N4O. The average molecular weight is 551 g/mol. The first-order valence-corrected chi connectivity index (χ1v) is 12.6. The van der Waals surface area contributed by atoms with E-state index in [9.17, 15) is 13.2 Å². The molecule has 0 unspecified atom stereocenters. The van der Waals surface area contributed by atoms with Crippen LogP contribution in [-0.2, 0) is 6.54 Å². The molecule has 1 aliphatic carbocycles. The third-order valence-electron chi connectivity index (χ3n) is 6.38. The fourth-order valence-corrected chi connectivity index (χ4v) is 4.97. The van der Waals surface area contributed by atoms with Gasteiger partial charge in [-0.25, -0.2) is 4.98 Å². The van der Waals surface area contributed by atoms with E-state index in [4.69, 9.17) is 4.98 Å². The van der Waals surface area contributed by atoms with Gasteiger partial charge in [-0.15, -0.1) is 13.2 Å². The van der Waals surface area contributed by atoms with E-state index in [-0.39, 0.29) is 5.75 Å². The third-order valence-corrected chi connectivity index (χ3v) is 6.87. The Labute approximate surface area is 212 Å². The molecule has 188 valence electrons. The summed E-state index contributed by atoms with van der Waals surface area (Å²) < 4.78 is 42.9. The minimum atomic E-state index is -4.71. The Hall–Kier alpha value is -2.52. The summed E-state index contributed by atoms with van der Waals surface area (Å²) in [6, 6.07) is 15.3. The van der Waals surface area contributed by atoms with Crippen LogP contribution in [0.25, 0.3) is 10.9 Å². The maximum Gasteiger partial charge on any atom is 0.573 e. The lowest BCUT2D eigenvalue weighted by Gasteiger charge is -2.30. The van der Waals surface area contributed by atoms with Gasteiger partial charge in [0.2, 0.25) is 0 Å². The van der Waals surface area contributed by atoms with Gasteiger partial charge in [0.25, 0.3) is 0 Å². The van der Waals surface area contributed by atoms with Crippen LogP contribution in [0.3, 0.4) is 0 Å². The normalized spacial score (nSPS) is 18.5. The topological polar surface area (TPSA) is 49.4 Å². The molecule has 5 nitrogen and oxygen atoms in total. The summed E-state index contributed by atoms with van der Waals surface area (Å²) >= 11 is 3.21. The number of aromatic nitrogens is 1. The van der Waals surface area contributed by atoms with E-state index in [2.05, 4.69) is 48.3 Å². The molecule has 1 heterocycles. The monoisotopic (exact) mass is 550 g/mol. The van der Waals surface area contributed by atoms with Gasteiger partial charge in [-0.1, -0.05) is 40.2 Å². The quantitative estimate of drug-likeness (QED) is 0.326. The van der Waals surface area contributed by atoms with Crippen molar-refractivity contribution < 1.29 is 17.9 Å². The fourth-order valence-electron chi connectivity index (χ4n) is 4.63. The molecule has 2 N–H and O–H groups in total. The molecule has 0 aliphatic heterocycles. The number of nitrogens with one attached hydrogen (secondary N) is 2. The molecule has 1 aromatic heterocycles. The van der Waals surface area contributed by atoms with Crippen molar-refractivity contribution in [3.63, 3.8) is 0 Å². The maximum atomic E-state index is 12.7. The minimum absolute atomic E-state index is 0.174. The highest BCUT2D eigenvalue weighted by atomic mass is 79.9. The Bertz CT molecular complexity index is 1150. The molecule has 3 aromatic rings. The summed E-state index contributed by atoms with van der Waals surface area (Å²) in [6.45, 7) is 1.08. The molecule has 4 rings (SSSR count). The van der Waals surface area contributed by atoms with Gasteiger partial charge in [-0.05, 0) is 56.3 Å². The molecule has 1 aliphatic rings. The number of fused-ring (bicyclic) bond motifs is 1. The van der Waals surface area contributed by atoms with Crippen LogP contribution in [0, 0.1) is 5.92 Å². The number of nitrogens with zero attached hydrogens (tertiary/aromatic N) is 2. The fraction of sp³-hybridized carbons (Fsp3) is 0.423. The Kier molecular flexibility index (Phi) is 8.06. The molecular weight excluding hydrogens is 521 g/mol. The Morgan fingerprint density at radius 2 is 1.80 bits per heavy atom. The van der Waals surface area contributed by atoms with Crippen LogP contribution in [-0.4, -0.2) is 38.0 Å². The minimum Gasteiger partial charge on any atom is -0.405 e. The van der Waals surface area contributed by atoms with Gasteiger partial charge in [0.1, 0.15) is 11.6 Å². The third kappa shape index (κ3) is 7.01. The number of benzene rings is 2. The number of hydrogen-bond acceptors (Lipinski definition) is 5. The molecule has 0 saturated heterocycles. The number of hydrogen-bond donors (Lipinski definition) is 2. The summed E-state index contributed by atoms with van der Waals surface area (Å²) in [7, 11) is 4.08. The number of rotatable bonds is 8. The van der Waals surface area contributed by atoms with Crippen molar-refractivity contribution in [1.82, 2.24) is 10.3 Å². The second-order valence-corrected chi connectivity index (χ2v) is 10.1. The van der Waals surface area contributed by atoms with E-state index in [0.717, 1.165) is 54.6 Å². The summed E-state index contributed by atoms with van der Waals surface area (Å²) in [4.78, 5) is 6.91. The molecule has 0 amide bonds. The molecule has 1 fully saturated rings. The summed E-state index contributed by atoms with van der Waals surface area (Å²) in [5, 5.41) is 8.07.